The first kappa shape index (κ1) is 13.8. The Kier molecular flexibility index (Phi) is 3.47. The van der Waals surface area contributed by atoms with Gasteiger partial charge >= 0.3 is 0 Å². The molecule has 0 saturated carbocycles. The minimum Gasteiger partial charge on any atom is -0.326 e. The summed E-state index contributed by atoms with van der Waals surface area (Å²) >= 11 is 0. The van der Waals surface area contributed by atoms with E-state index in [-0.39, 0.29) is 0 Å². The second-order valence-electron chi connectivity index (χ2n) is 5.61. The number of hydrogen-bond acceptors (Lipinski definition) is 3. The Hall–Kier alpha value is -2.20. The highest BCUT2D eigenvalue weighted by Crippen LogP contribution is 2.29. The largest absolute Gasteiger partial charge is 0.326 e. The Bertz CT molecular complexity index is 787. The molecule has 0 saturated heterocycles. The first-order valence-electron chi connectivity index (χ1n) is 7.24. The summed E-state index contributed by atoms with van der Waals surface area (Å²) in [5.41, 5.74) is 11.1. The van der Waals surface area contributed by atoms with E-state index in [1.54, 1.807) is 0 Å². The first-order valence-corrected chi connectivity index (χ1v) is 7.24. The van der Waals surface area contributed by atoms with Crippen molar-refractivity contribution in [2.24, 2.45) is 5.73 Å². The lowest BCUT2D eigenvalue weighted by atomic mass is 10.2. The number of aryl methyl sites for hydroxylation is 1. The van der Waals surface area contributed by atoms with Crippen LogP contribution in [0.5, 0.6) is 0 Å². The number of benzene rings is 1. The number of nitrogens with zero attached hydrogens (tertiary/aromatic N) is 3. The second-order valence-corrected chi connectivity index (χ2v) is 5.61. The minimum atomic E-state index is 0.335. The Morgan fingerprint density at radius 3 is 2.67 bits per heavy atom. The molecule has 0 fully saturated rings. The van der Waals surface area contributed by atoms with Crippen molar-refractivity contribution < 1.29 is 0 Å². The van der Waals surface area contributed by atoms with E-state index in [2.05, 4.69) is 47.7 Å². The quantitative estimate of drug-likeness (QED) is 0.799. The van der Waals surface area contributed by atoms with Crippen LogP contribution in [-0.4, -0.2) is 14.5 Å². The lowest BCUT2D eigenvalue weighted by Crippen LogP contribution is -2.03. The van der Waals surface area contributed by atoms with E-state index in [0.717, 1.165) is 33.7 Å². The van der Waals surface area contributed by atoms with Crippen LogP contribution in [0.4, 0.5) is 0 Å². The Morgan fingerprint density at radius 1 is 1.19 bits per heavy atom. The third-order valence-corrected chi connectivity index (χ3v) is 3.66. The summed E-state index contributed by atoms with van der Waals surface area (Å²) in [5.74, 6) is 0.986. The maximum absolute atomic E-state index is 5.73. The van der Waals surface area contributed by atoms with Gasteiger partial charge < -0.3 is 10.3 Å². The van der Waals surface area contributed by atoms with Gasteiger partial charge in [-0.25, -0.2) is 4.98 Å². The first-order chi connectivity index (χ1) is 10.1. The van der Waals surface area contributed by atoms with Crippen molar-refractivity contribution in [2.75, 3.05) is 0 Å². The third kappa shape index (κ3) is 2.43. The van der Waals surface area contributed by atoms with Gasteiger partial charge in [-0.2, -0.15) is 0 Å². The van der Waals surface area contributed by atoms with E-state index >= 15 is 0 Å². The fourth-order valence-electron chi connectivity index (χ4n) is 2.68. The van der Waals surface area contributed by atoms with Gasteiger partial charge in [0.05, 0.1) is 11.0 Å². The molecule has 108 valence electrons. The van der Waals surface area contributed by atoms with Crippen molar-refractivity contribution in [2.45, 2.75) is 33.4 Å². The van der Waals surface area contributed by atoms with Crippen LogP contribution >= 0.6 is 0 Å². The van der Waals surface area contributed by atoms with E-state index < -0.39 is 0 Å². The van der Waals surface area contributed by atoms with E-state index in [0.29, 0.717) is 12.6 Å². The van der Waals surface area contributed by atoms with E-state index in [4.69, 9.17) is 10.7 Å². The van der Waals surface area contributed by atoms with Crippen LogP contribution in [0.15, 0.2) is 36.5 Å². The molecule has 2 N–H and O–H groups in total. The summed E-state index contributed by atoms with van der Waals surface area (Å²) < 4.78 is 2.27. The molecule has 0 atom stereocenters. The molecule has 1 aromatic carbocycles. The number of nitrogens with two attached hydrogens (primary N) is 1. The fourth-order valence-corrected chi connectivity index (χ4v) is 2.68. The molecule has 0 amide bonds. The average molecular weight is 280 g/mol. The van der Waals surface area contributed by atoms with Gasteiger partial charge in [0.2, 0.25) is 0 Å². The monoisotopic (exact) mass is 280 g/mol. The summed E-state index contributed by atoms with van der Waals surface area (Å²) in [5, 5.41) is 0. The molecule has 3 aromatic rings. The number of imidazole rings is 1. The second kappa shape index (κ2) is 5.30. The number of pyridine rings is 1. The molecule has 4 heteroatoms. The van der Waals surface area contributed by atoms with Gasteiger partial charge in [-0.15, -0.1) is 0 Å². The van der Waals surface area contributed by atoms with Crippen LogP contribution in [0.2, 0.25) is 0 Å². The van der Waals surface area contributed by atoms with Crippen molar-refractivity contribution in [1.82, 2.24) is 14.5 Å². The van der Waals surface area contributed by atoms with Gasteiger partial charge in [-0.3, -0.25) is 4.98 Å². The molecule has 21 heavy (non-hydrogen) atoms. The van der Waals surface area contributed by atoms with Gasteiger partial charge in [0.15, 0.2) is 0 Å². The number of fused-ring (bicyclic) bond motifs is 1. The maximum atomic E-state index is 5.73. The molecule has 2 aromatic heterocycles. The van der Waals surface area contributed by atoms with E-state index in [1.807, 2.05) is 19.2 Å². The predicted octanol–water partition coefficient (Wildman–Crippen LogP) is 3.45. The molecule has 0 bridgehead atoms. The van der Waals surface area contributed by atoms with Gasteiger partial charge in [0.25, 0.3) is 0 Å². The predicted molar refractivity (Wildman–Crippen MR) is 86.0 cm³/mol. The van der Waals surface area contributed by atoms with Crippen LogP contribution < -0.4 is 5.73 Å². The highest BCUT2D eigenvalue weighted by molar-refractivity contribution is 5.81. The van der Waals surface area contributed by atoms with Crippen molar-refractivity contribution >= 4 is 11.0 Å². The van der Waals surface area contributed by atoms with Crippen LogP contribution in [0.3, 0.4) is 0 Å². The highest BCUT2D eigenvalue weighted by atomic mass is 15.1. The number of rotatable bonds is 3. The standard InChI is InChI=1S/C17H20N4/c1-11(2)21-16-5-4-13(10-18)9-15(16)20-17(21)14-6-7-19-12(3)8-14/h4-9,11H,10,18H2,1-3H3. The normalized spacial score (nSPS) is 11.5. The van der Waals surface area contributed by atoms with Gasteiger partial charge in [0, 0.05) is 30.0 Å². The lowest BCUT2D eigenvalue weighted by molar-refractivity contribution is 0.624. The molecule has 0 spiro atoms. The third-order valence-electron chi connectivity index (χ3n) is 3.66. The van der Waals surface area contributed by atoms with Gasteiger partial charge in [-0.1, -0.05) is 6.07 Å². The van der Waals surface area contributed by atoms with Crippen molar-refractivity contribution in [3.8, 4) is 11.4 Å². The van der Waals surface area contributed by atoms with Crippen LogP contribution in [0.25, 0.3) is 22.4 Å². The molecule has 2 heterocycles. The minimum absolute atomic E-state index is 0.335. The van der Waals surface area contributed by atoms with E-state index in [9.17, 15) is 0 Å². The van der Waals surface area contributed by atoms with Crippen LogP contribution in [-0.2, 0) is 6.54 Å². The Labute approximate surface area is 124 Å². The van der Waals surface area contributed by atoms with Crippen molar-refractivity contribution in [1.29, 1.82) is 0 Å². The van der Waals surface area contributed by atoms with Crippen molar-refractivity contribution in [3.05, 3.63) is 47.8 Å². The highest BCUT2D eigenvalue weighted by Gasteiger charge is 2.15. The molecular weight excluding hydrogens is 260 g/mol. The summed E-state index contributed by atoms with van der Waals surface area (Å²) in [7, 11) is 0. The lowest BCUT2D eigenvalue weighted by Gasteiger charge is -2.13. The van der Waals surface area contributed by atoms with Crippen molar-refractivity contribution in [3.63, 3.8) is 0 Å². The summed E-state index contributed by atoms with van der Waals surface area (Å²) in [6.07, 6.45) is 1.83. The molecular formula is C17H20N4. The molecule has 0 aliphatic carbocycles. The maximum Gasteiger partial charge on any atom is 0.141 e. The zero-order valence-corrected chi connectivity index (χ0v) is 12.7. The SMILES string of the molecule is Cc1cc(-c2nc3cc(CN)ccc3n2C(C)C)ccn1. The molecule has 3 rings (SSSR count). The van der Waals surface area contributed by atoms with Crippen LogP contribution in [0, 0.1) is 6.92 Å². The smallest absolute Gasteiger partial charge is 0.141 e. The number of hydrogen-bond donors (Lipinski definition) is 1. The van der Waals surface area contributed by atoms with E-state index in [1.165, 1.54) is 0 Å². The zero-order valence-electron chi connectivity index (χ0n) is 12.7. The number of aromatic nitrogens is 3. The average Bonchev–Trinajstić information content (AvgIpc) is 2.85. The summed E-state index contributed by atoms with van der Waals surface area (Å²) in [4.78, 5) is 9.10. The molecule has 0 radical (unpaired) electrons. The van der Waals surface area contributed by atoms with Gasteiger partial charge in [-0.05, 0) is 50.6 Å². The topological polar surface area (TPSA) is 56.7 Å². The molecule has 4 nitrogen and oxygen atoms in total. The molecule has 0 aliphatic rings. The summed E-state index contributed by atoms with van der Waals surface area (Å²) in [6.45, 7) is 6.89. The summed E-state index contributed by atoms with van der Waals surface area (Å²) in [6, 6.07) is 10.7. The van der Waals surface area contributed by atoms with Crippen LogP contribution in [0.1, 0.15) is 31.1 Å². The van der Waals surface area contributed by atoms with Gasteiger partial charge in [0.1, 0.15) is 5.82 Å². The Morgan fingerprint density at radius 2 is 2.00 bits per heavy atom. The Balaban J connectivity index is 2.28. The fraction of sp³-hybridized carbons (Fsp3) is 0.294. The molecule has 0 unspecified atom stereocenters. The molecule has 0 aliphatic heterocycles. The zero-order chi connectivity index (χ0) is 15.0.